The molecular formula is C21H18N2O5S2. The summed E-state index contributed by atoms with van der Waals surface area (Å²) in [5.74, 6) is 0.891. The number of nitrogens with zero attached hydrogens (tertiary/aromatic N) is 1. The van der Waals surface area contributed by atoms with E-state index in [-0.39, 0.29) is 12.7 Å². The van der Waals surface area contributed by atoms with Gasteiger partial charge in [0.05, 0.1) is 5.69 Å². The molecule has 0 atom stereocenters. The van der Waals surface area contributed by atoms with E-state index in [1.54, 1.807) is 47.8 Å². The molecule has 1 aromatic heterocycles. The number of ether oxygens (including phenoxy) is 2. The van der Waals surface area contributed by atoms with Crippen molar-refractivity contribution in [1.29, 1.82) is 0 Å². The van der Waals surface area contributed by atoms with Crippen LogP contribution in [0.5, 0.6) is 11.5 Å². The number of fused-ring (bicyclic) bond motifs is 2. The Bertz CT molecular complexity index is 1220. The van der Waals surface area contributed by atoms with Crippen molar-refractivity contribution in [2.45, 2.75) is 17.1 Å². The Kier molecular flexibility index (Phi) is 4.63. The molecule has 0 saturated carbocycles. The van der Waals surface area contributed by atoms with Gasteiger partial charge >= 0.3 is 0 Å². The summed E-state index contributed by atoms with van der Waals surface area (Å²) in [7, 11) is -3.58. The van der Waals surface area contributed by atoms with Crippen molar-refractivity contribution in [1.82, 2.24) is 0 Å². The number of aryl methyl sites for hydroxylation is 1. The summed E-state index contributed by atoms with van der Waals surface area (Å²) in [5, 5.41) is 4.64. The zero-order valence-corrected chi connectivity index (χ0v) is 17.5. The summed E-state index contributed by atoms with van der Waals surface area (Å²) in [6.45, 7) is 0.590. The molecule has 1 N–H and O–H groups in total. The molecule has 1 amide bonds. The van der Waals surface area contributed by atoms with Crippen molar-refractivity contribution in [2.24, 2.45) is 0 Å². The zero-order valence-electron chi connectivity index (χ0n) is 15.8. The highest BCUT2D eigenvalue weighted by Gasteiger charge is 2.30. The molecule has 3 aromatic rings. The molecular weight excluding hydrogens is 424 g/mol. The average molecular weight is 443 g/mol. The largest absolute Gasteiger partial charge is 0.454 e. The number of amides is 1. The van der Waals surface area contributed by atoms with Crippen LogP contribution < -0.4 is 19.1 Å². The quantitative estimate of drug-likeness (QED) is 0.663. The first-order valence-corrected chi connectivity index (χ1v) is 11.7. The maximum atomic E-state index is 13.0. The lowest BCUT2D eigenvalue weighted by atomic mass is 10.0. The van der Waals surface area contributed by atoms with E-state index in [2.05, 4.69) is 5.32 Å². The Morgan fingerprint density at radius 2 is 1.93 bits per heavy atom. The van der Waals surface area contributed by atoms with E-state index in [4.69, 9.17) is 9.47 Å². The van der Waals surface area contributed by atoms with Gasteiger partial charge in [0.2, 0.25) is 6.79 Å². The number of benzene rings is 2. The monoisotopic (exact) mass is 442 g/mol. The fourth-order valence-corrected chi connectivity index (χ4v) is 6.30. The molecule has 0 unspecified atom stereocenters. The Morgan fingerprint density at radius 1 is 1.07 bits per heavy atom. The van der Waals surface area contributed by atoms with Crippen LogP contribution in [-0.4, -0.2) is 27.7 Å². The molecule has 5 rings (SSSR count). The second kappa shape index (κ2) is 7.33. The van der Waals surface area contributed by atoms with Gasteiger partial charge in [-0.15, -0.1) is 11.3 Å². The summed E-state index contributed by atoms with van der Waals surface area (Å²) >= 11 is 1.21. The summed E-state index contributed by atoms with van der Waals surface area (Å²) in [4.78, 5) is 12.6. The Morgan fingerprint density at radius 3 is 2.77 bits per heavy atom. The van der Waals surface area contributed by atoms with Crippen LogP contribution in [-0.2, 0) is 16.4 Å². The number of carbonyl (C=O) groups excluding carboxylic acids is 1. The maximum absolute atomic E-state index is 13.0. The molecule has 2 aliphatic rings. The zero-order chi connectivity index (χ0) is 20.7. The van der Waals surface area contributed by atoms with Gasteiger partial charge in [0.25, 0.3) is 15.9 Å². The average Bonchev–Trinajstić information content (AvgIpc) is 3.44. The molecule has 0 saturated heterocycles. The van der Waals surface area contributed by atoms with Crippen LogP contribution >= 0.6 is 11.3 Å². The van der Waals surface area contributed by atoms with Crippen molar-refractivity contribution < 1.29 is 22.7 Å². The van der Waals surface area contributed by atoms with E-state index < -0.39 is 10.0 Å². The molecule has 3 heterocycles. The topological polar surface area (TPSA) is 84.9 Å². The Hall–Kier alpha value is -3.04. The predicted octanol–water partition coefficient (Wildman–Crippen LogP) is 3.87. The third-order valence-electron chi connectivity index (χ3n) is 5.09. The van der Waals surface area contributed by atoms with E-state index in [0.29, 0.717) is 39.2 Å². The fraction of sp³-hybridized carbons (Fsp3) is 0.190. The lowest BCUT2D eigenvalue weighted by Crippen LogP contribution is -2.35. The predicted molar refractivity (Wildman–Crippen MR) is 114 cm³/mol. The van der Waals surface area contributed by atoms with Gasteiger partial charge in [0, 0.05) is 17.8 Å². The van der Waals surface area contributed by atoms with Crippen molar-refractivity contribution in [3.05, 3.63) is 65.0 Å². The van der Waals surface area contributed by atoms with Gasteiger partial charge in [-0.05, 0) is 66.2 Å². The molecule has 30 heavy (non-hydrogen) atoms. The number of hydrogen-bond donors (Lipinski definition) is 1. The van der Waals surface area contributed by atoms with Crippen LogP contribution in [0.25, 0.3) is 0 Å². The Labute approximate surface area is 177 Å². The van der Waals surface area contributed by atoms with Crippen LogP contribution in [0.3, 0.4) is 0 Å². The number of rotatable bonds is 4. The first-order valence-electron chi connectivity index (χ1n) is 9.42. The highest BCUT2D eigenvalue weighted by Crippen LogP contribution is 2.35. The second-order valence-corrected chi connectivity index (χ2v) is 10.0. The van der Waals surface area contributed by atoms with Gasteiger partial charge in [-0.1, -0.05) is 6.07 Å². The molecule has 0 aliphatic carbocycles. The van der Waals surface area contributed by atoms with Crippen molar-refractivity contribution in [3.8, 4) is 11.5 Å². The highest BCUT2D eigenvalue weighted by atomic mass is 32.2. The lowest BCUT2D eigenvalue weighted by Gasteiger charge is -2.30. The highest BCUT2D eigenvalue weighted by molar-refractivity contribution is 7.94. The molecule has 7 nitrogen and oxygen atoms in total. The van der Waals surface area contributed by atoms with Crippen LogP contribution in [0.1, 0.15) is 22.3 Å². The number of anilines is 2. The second-order valence-electron chi connectivity index (χ2n) is 6.98. The van der Waals surface area contributed by atoms with E-state index in [1.165, 1.54) is 15.6 Å². The van der Waals surface area contributed by atoms with Gasteiger partial charge in [-0.25, -0.2) is 8.42 Å². The smallest absolute Gasteiger partial charge is 0.273 e. The molecule has 0 spiro atoms. The van der Waals surface area contributed by atoms with E-state index >= 15 is 0 Å². The number of carbonyl (C=O) groups is 1. The minimum atomic E-state index is -3.58. The van der Waals surface area contributed by atoms with Crippen LogP contribution in [0.4, 0.5) is 11.4 Å². The summed E-state index contributed by atoms with van der Waals surface area (Å²) in [5.41, 5.74) is 2.63. The van der Waals surface area contributed by atoms with Gasteiger partial charge < -0.3 is 14.8 Å². The summed E-state index contributed by atoms with van der Waals surface area (Å²) in [6.07, 6.45) is 1.47. The summed E-state index contributed by atoms with van der Waals surface area (Å²) in [6, 6.07) is 13.7. The SMILES string of the molecule is O=C(Nc1ccc2c(c1)CCCN2S(=O)(=O)c1cccs1)c1ccc2c(c1)OCO2. The van der Waals surface area contributed by atoms with Gasteiger partial charge in [0.15, 0.2) is 11.5 Å². The molecule has 0 bridgehead atoms. The minimum absolute atomic E-state index is 0.149. The van der Waals surface area contributed by atoms with Crippen LogP contribution in [0.2, 0.25) is 0 Å². The number of nitrogens with one attached hydrogen (secondary N) is 1. The van der Waals surface area contributed by atoms with E-state index in [9.17, 15) is 13.2 Å². The number of hydrogen-bond acceptors (Lipinski definition) is 6. The number of sulfonamides is 1. The first kappa shape index (κ1) is 19.0. The molecule has 2 aromatic carbocycles. The summed E-state index contributed by atoms with van der Waals surface area (Å²) < 4.78 is 38.4. The Balaban J connectivity index is 1.40. The third kappa shape index (κ3) is 3.29. The lowest BCUT2D eigenvalue weighted by molar-refractivity contribution is 0.102. The molecule has 0 fully saturated rings. The standard InChI is InChI=1S/C21H18N2O5S2/c24-21(15-5-8-18-19(12-15)28-13-27-18)22-16-6-7-17-14(11-16)3-1-9-23(17)30(25,26)20-4-2-10-29-20/h2,4-8,10-12H,1,3,9,13H2,(H,22,24). The van der Waals surface area contributed by atoms with E-state index in [0.717, 1.165) is 18.4 Å². The van der Waals surface area contributed by atoms with Crippen LogP contribution in [0, 0.1) is 0 Å². The fourth-order valence-electron chi connectivity index (χ4n) is 3.65. The third-order valence-corrected chi connectivity index (χ3v) is 8.27. The van der Waals surface area contributed by atoms with Crippen molar-refractivity contribution in [2.75, 3.05) is 23.0 Å². The molecule has 9 heteroatoms. The van der Waals surface area contributed by atoms with E-state index in [1.807, 2.05) is 6.07 Å². The van der Waals surface area contributed by atoms with Crippen molar-refractivity contribution >= 4 is 38.6 Å². The van der Waals surface area contributed by atoms with Crippen LogP contribution in [0.15, 0.2) is 58.1 Å². The minimum Gasteiger partial charge on any atom is -0.454 e. The maximum Gasteiger partial charge on any atom is 0.273 e. The molecule has 0 radical (unpaired) electrons. The normalized spacial score (nSPS) is 15.0. The van der Waals surface area contributed by atoms with Gasteiger partial charge in [-0.3, -0.25) is 9.10 Å². The van der Waals surface area contributed by atoms with Crippen molar-refractivity contribution in [3.63, 3.8) is 0 Å². The number of thiophene rings is 1. The molecule has 2 aliphatic heterocycles. The molecule has 154 valence electrons. The first-order chi connectivity index (χ1) is 14.5. The van der Waals surface area contributed by atoms with Gasteiger partial charge in [-0.2, -0.15) is 0 Å². The van der Waals surface area contributed by atoms with Gasteiger partial charge in [0.1, 0.15) is 4.21 Å².